The van der Waals surface area contributed by atoms with Gasteiger partial charge in [0.05, 0.1) is 5.02 Å². The molecular formula is C12H15ClFN. The lowest BCUT2D eigenvalue weighted by atomic mass is 9.82. The van der Waals surface area contributed by atoms with E-state index >= 15 is 0 Å². The minimum absolute atomic E-state index is 0.234. The predicted molar refractivity (Wildman–Crippen MR) is 60.8 cm³/mol. The Hall–Kier alpha value is -0.600. The molecule has 0 aromatic heterocycles. The number of benzene rings is 1. The number of halogens is 2. The zero-order chi connectivity index (χ0) is 10.8. The molecule has 0 amide bonds. The van der Waals surface area contributed by atoms with Gasteiger partial charge in [-0.15, -0.1) is 0 Å². The average molecular weight is 228 g/mol. The fraction of sp³-hybridized carbons (Fsp3) is 0.500. The Morgan fingerprint density at radius 1 is 1.47 bits per heavy atom. The summed E-state index contributed by atoms with van der Waals surface area (Å²) in [7, 11) is 0. The van der Waals surface area contributed by atoms with Crippen molar-refractivity contribution < 1.29 is 4.39 Å². The molecule has 0 bridgehead atoms. The molecule has 3 heteroatoms. The molecule has 15 heavy (non-hydrogen) atoms. The number of rotatable bonds is 1. The molecule has 1 aliphatic heterocycles. The van der Waals surface area contributed by atoms with Crippen molar-refractivity contribution in [2.75, 3.05) is 13.1 Å². The molecule has 1 aromatic rings. The highest BCUT2D eigenvalue weighted by molar-refractivity contribution is 6.30. The molecule has 1 nitrogen and oxygen atoms in total. The first-order valence-corrected chi connectivity index (χ1v) is 5.72. The third-order valence-corrected chi connectivity index (χ3v) is 3.45. The Kier molecular flexibility index (Phi) is 3.27. The molecule has 0 unspecified atom stereocenters. The van der Waals surface area contributed by atoms with Gasteiger partial charge in [-0.3, -0.25) is 0 Å². The van der Waals surface area contributed by atoms with E-state index in [4.69, 9.17) is 11.6 Å². The van der Waals surface area contributed by atoms with Crippen molar-refractivity contribution in [2.45, 2.75) is 19.3 Å². The summed E-state index contributed by atoms with van der Waals surface area (Å²) in [5, 5.41) is 3.59. The van der Waals surface area contributed by atoms with Gasteiger partial charge >= 0.3 is 0 Å². The lowest BCUT2D eigenvalue weighted by Crippen LogP contribution is -2.33. The summed E-state index contributed by atoms with van der Waals surface area (Å²) in [5.41, 5.74) is 1.16. The van der Waals surface area contributed by atoms with Crippen molar-refractivity contribution in [3.63, 3.8) is 0 Å². The smallest absolute Gasteiger partial charge is 0.141 e. The van der Waals surface area contributed by atoms with Crippen LogP contribution in [0.4, 0.5) is 4.39 Å². The van der Waals surface area contributed by atoms with E-state index in [1.165, 1.54) is 6.07 Å². The van der Waals surface area contributed by atoms with Gasteiger partial charge in [0, 0.05) is 0 Å². The van der Waals surface area contributed by atoms with Crippen LogP contribution in [0.1, 0.15) is 24.8 Å². The summed E-state index contributed by atoms with van der Waals surface area (Å²) in [5.74, 6) is 0.756. The highest BCUT2D eigenvalue weighted by Crippen LogP contribution is 2.31. The first kappa shape index (κ1) is 10.9. The first-order chi connectivity index (χ1) is 7.18. The van der Waals surface area contributed by atoms with Gasteiger partial charge in [-0.2, -0.15) is 0 Å². The molecule has 0 spiro atoms. The molecule has 82 valence electrons. The maximum absolute atomic E-state index is 13.0. The van der Waals surface area contributed by atoms with Crippen molar-refractivity contribution in [3.05, 3.63) is 34.6 Å². The molecule has 0 saturated carbocycles. The van der Waals surface area contributed by atoms with E-state index in [-0.39, 0.29) is 10.8 Å². The van der Waals surface area contributed by atoms with Crippen LogP contribution in [-0.2, 0) is 0 Å². The SMILES string of the molecule is C[C@@H]1CNCC[C@@H]1c1ccc(F)c(Cl)c1. The summed E-state index contributed by atoms with van der Waals surface area (Å²) in [6, 6.07) is 5.09. The van der Waals surface area contributed by atoms with E-state index in [0.717, 1.165) is 25.1 Å². The highest BCUT2D eigenvalue weighted by Gasteiger charge is 2.22. The van der Waals surface area contributed by atoms with Crippen molar-refractivity contribution in [3.8, 4) is 0 Å². The standard InChI is InChI=1S/C12H15ClFN/c1-8-7-15-5-4-10(8)9-2-3-12(14)11(13)6-9/h2-3,6,8,10,15H,4-5,7H2,1H3/t8-,10+/m1/s1. The van der Waals surface area contributed by atoms with Crippen LogP contribution in [0.25, 0.3) is 0 Å². The van der Waals surface area contributed by atoms with Crippen LogP contribution in [0.2, 0.25) is 5.02 Å². The summed E-state index contributed by atoms with van der Waals surface area (Å²) in [6.07, 6.45) is 1.10. The molecule has 0 aliphatic carbocycles. The van der Waals surface area contributed by atoms with Gasteiger partial charge in [0.2, 0.25) is 0 Å². The summed E-state index contributed by atoms with van der Waals surface area (Å²) < 4.78 is 13.0. The van der Waals surface area contributed by atoms with Gasteiger partial charge < -0.3 is 5.32 Å². The van der Waals surface area contributed by atoms with Crippen molar-refractivity contribution in [2.24, 2.45) is 5.92 Å². The first-order valence-electron chi connectivity index (χ1n) is 5.34. The van der Waals surface area contributed by atoms with E-state index in [9.17, 15) is 4.39 Å². The van der Waals surface area contributed by atoms with E-state index in [0.29, 0.717) is 11.8 Å². The Morgan fingerprint density at radius 3 is 2.93 bits per heavy atom. The normalized spacial score (nSPS) is 26.6. The Morgan fingerprint density at radius 2 is 2.27 bits per heavy atom. The second-order valence-electron chi connectivity index (χ2n) is 4.25. The average Bonchev–Trinajstić information content (AvgIpc) is 2.23. The molecule has 0 radical (unpaired) electrons. The molecular weight excluding hydrogens is 213 g/mol. The topological polar surface area (TPSA) is 12.0 Å². The monoisotopic (exact) mass is 227 g/mol. The molecule has 1 aliphatic rings. The van der Waals surface area contributed by atoms with Crippen LogP contribution in [0.5, 0.6) is 0 Å². The molecule has 1 fully saturated rings. The number of hydrogen-bond acceptors (Lipinski definition) is 1. The quantitative estimate of drug-likeness (QED) is 0.777. The maximum Gasteiger partial charge on any atom is 0.141 e. The maximum atomic E-state index is 13.0. The number of nitrogens with one attached hydrogen (secondary N) is 1. The third kappa shape index (κ3) is 2.32. The van der Waals surface area contributed by atoms with E-state index in [1.807, 2.05) is 6.07 Å². The highest BCUT2D eigenvalue weighted by atomic mass is 35.5. The molecule has 2 atom stereocenters. The van der Waals surface area contributed by atoms with Crippen molar-refractivity contribution in [1.29, 1.82) is 0 Å². The van der Waals surface area contributed by atoms with E-state index in [1.54, 1.807) is 6.07 Å². The van der Waals surface area contributed by atoms with Crippen LogP contribution in [0, 0.1) is 11.7 Å². The molecule has 1 N–H and O–H groups in total. The van der Waals surface area contributed by atoms with Crippen LogP contribution >= 0.6 is 11.6 Å². The summed E-state index contributed by atoms with van der Waals surface area (Å²) in [4.78, 5) is 0. The van der Waals surface area contributed by atoms with Gasteiger partial charge in [-0.05, 0) is 49.0 Å². The van der Waals surface area contributed by atoms with Crippen molar-refractivity contribution in [1.82, 2.24) is 5.32 Å². The second-order valence-corrected chi connectivity index (χ2v) is 4.66. The third-order valence-electron chi connectivity index (χ3n) is 3.16. The molecule has 1 heterocycles. The minimum Gasteiger partial charge on any atom is -0.316 e. The van der Waals surface area contributed by atoms with Gasteiger partial charge in [-0.1, -0.05) is 24.6 Å². The summed E-state index contributed by atoms with van der Waals surface area (Å²) >= 11 is 5.79. The number of hydrogen-bond donors (Lipinski definition) is 1. The zero-order valence-electron chi connectivity index (χ0n) is 8.76. The van der Waals surface area contributed by atoms with Crippen LogP contribution in [-0.4, -0.2) is 13.1 Å². The van der Waals surface area contributed by atoms with Gasteiger partial charge in [0.25, 0.3) is 0 Å². The fourth-order valence-electron chi connectivity index (χ4n) is 2.25. The largest absolute Gasteiger partial charge is 0.316 e. The van der Waals surface area contributed by atoms with Gasteiger partial charge in [0.15, 0.2) is 0 Å². The van der Waals surface area contributed by atoms with Crippen molar-refractivity contribution >= 4 is 11.6 Å². The number of piperidine rings is 1. The summed E-state index contributed by atoms with van der Waals surface area (Å²) in [6.45, 7) is 4.28. The molecule has 1 saturated heterocycles. The Balaban J connectivity index is 2.24. The minimum atomic E-state index is -0.331. The molecule has 1 aromatic carbocycles. The van der Waals surface area contributed by atoms with Gasteiger partial charge in [-0.25, -0.2) is 4.39 Å². The van der Waals surface area contributed by atoms with Crippen LogP contribution in [0.3, 0.4) is 0 Å². The van der Waals surface area contributed by atoms with Crippen LogP contribution in [0.15, 0.2) is 18.2 Å². The molecule has 2 rings (SSSR count). The Labute approximate surface area is 94.6 Å². The lowest BCUT2D eigenvalue weighted by Gasteiger charge is -2.30. The van der Waals surface area contributed by atoms with Gasteiger partial charge in [0.1, 0.15) is 5.82 Å². The Bertz CT molecular complexity index is 353. The lowest BCUT2D eigenvalue weighted by molar-refractivity contribution is 0.349. The second kappa shape index (κ2) is 4.50. The van der Waals surface area contributed by atoms with E-state index < -0.39 is 0 Å². The zero-order valence-corrected chi connectivity index (χ0v) is 9.52. The van der Waals surface area contributed by atoms with Crippen LogP contribution < -0.4 is 5.32 Å². The fourth-order valence-corrected chi connectivity index (χ4v) is 2.44. The van der Waals surface area contributed by atoms with E-state index in [2.05, 4.69) is 12.2 Å². The predicted octanol–water partition coefficient (Wildman–Crippen LogP) is 3.19.